The summed E-state index contributed by atoms with van der Waals surface area (Å²) >= 11 is 1.00. The second kappa shape index (κ2) is 5.97. The molecule has 0 bridgehead atoms. The van der Waals surface area contributed by atoms with Crippen LogP contribution in [0.3, 0.4) is 0 Å². The van der Waals surface area contributed by atoms with Gasteiger partial charge in [-0.15, -0.1) is 5.10 Å². The van der Waals surface area contributed by atoms with Crippen LogP contribution in [0.1, 0.15) is 34.3 Å². The minimum absolute atomic E-state index is 0.0563. The fourth-order valence-corrected chi connectivity index (χ4v) is 2.40. The molecule has 0 spiro atoms. The Morgan fingerprint density at radius 3 is 2.89 bits per heavy atom. The highest BCUT2D eigenvalue weighted by molar-refractivity contribution is 7.08. The summed E-state index contributed by atoms with van der Waals surface area (Å²) in [5.74, 6) is -1.41. The van der Waals surface area contributed by atoms with E-state index >= 15 is 0 Å². The molecule has 19 heavy (non-hydrogen) atoms. The van der Waals surface area contributed by atoms with Gasteiger partial charge in [0, 0.05) is 6.42 Å². The van der Waals surface area contributed by atoms with Crippen LogP contribution in [0, 0.1) is 11.6 Å². The largest absolute Gasteiger partial charge is 0.293 e. The molecular formula is C13H12F2N2OS. The van der Waals surface area contributed by atoms with Crippen LogP contribution in [-0.2, 0) is 12.8 Å². The predicted octanol–water partition coefficient (Wildman–Crippen LogP) is 3.19. The summed E-state index contributed by atoms with van der Waals surface area (Å²) in [5.41, 5.74) is 0.690. The normalized spacial score (nSPS) is 10.7. The molecular weight excluding hydrogens is 270 g/mol. The van der Waals surface area contributed by atoms with Crippen molar-refractivity contribution in [2.75, 3.05) is 0 Å². The van der Waals surface area contributed by atoms with E-state index in [0.717, 1.165) is 36.2 Å². The van der Waals surface area contributed by atoms with Crippen LogP contribution in [0.4, 0.5) is 8.78 Å². The number of rotatable bonds is 5. The summed E-state index contributed by atoms with van der Waals surface area (Å²) in [6.07, 6.45) is 1.33. The second-order valence-electron chi connectivity index (χ2n) is 4.13. The Labute approximate surface area is 113 Å². The lowest BCUT2D eigenvalue weighted by molar-refractivity contribution is 0.0994. The Hall–Kier alpha value is -1.69. The van der Waals surface area contributed by atoms with Crippen molar-refractivity contribution < 1.29 is 13.6 Å². The van der Waals surface area contributed by atoms with Crippen molar-refractivity contribution in [2.45, 2.75) is 26.2 Å². The smallest absolute Gasteiger partial charge is 0.180 e. The van der Waals surface area contributed by atoms with Crippen LogP contribution in [0.15, 0.2) is 18.2 Å². The quantitative estimate of drug-likeness (QED) is 0.791. The molecule has 0 aliphatic carbocycles. The summed E-state index contributed by atoms with van der Waals surface area (Å²) in [7, 11) is 0. The van der Waals surface area contributed by atoms with Crippen molar-refractivity contribution in [3.63, 3.8) is 0 Å². The number of hydrogen-bond donors (Lipinski definition) is 0. The first-order chi connectivity index (χ1) is 9.11. The second-order valence-corrected chi connectivity index (χ2v) is 4.89. The van der Waals surface area contributed by atoms with E-state index in [1.165, 1.54) is 0 Å². The predicted molar refractivity (Wildman–Crippen MR) is 68.3 cm³/mol. The summed E-state index contributed by atoms with van der Waals surface area (Å²) in [6, 6.07) is 3.09. The molecule has 2 rings (SSSR count). The highest BCUT2D eigenvalue weighted by Gasteiger charge is 2.17. The molecule has 1 aromatic heterocycles. The molecule has 0 atom stereocenters. The Bertz CT molecular complexity index is 598. The van der Waals surface area contributed by atoms with Gasteiger partial charge in [-0.25, -0.2) is 8.78 Å². The van der Waals surface area contributed by atoms with Crippen molar-refractivity contribution in [1.29, 1.82) is 0 Å². The number of Topliss-reactive ketones (excluding diaryl/α,β-unsaturated/α-hetero) is 1. The molecule has 0 unspecified atom stereocenters. The molecule has 0 fully saturated rings. The van der Waals surface area contributed by atoms with Gasteiger partial charge < -0.3 is 0 Å². The van der Waals surface area contributed by atoms with Gasteiger partial charge in [0.05, 0.1) is 5.69 Å². The first-order valence-corrected chi connectivity index (χ1v) is 6.67. The van der Waals surface area contributed by atoms with Gasteiger partial charge in [0.15, 0.2) is 5.78 Å². The standard InChI is InChI=1S/C13H12F2N2OS/c1-2-3-11-13(19-17-16-11)12(18)7-8-6-9(14)4-5-10(8)15/h4-6H,2-3,7H2,1H3. The highest BCUT2D eigenvalue weighted by Crippen LogP contribution is 2.18. The third kappa shape index (κ3) is 3.20. The molecule has 1 heterocycles. The van der Waals surface area contributed by atoms with Crippen LogP contribution in [0.25, 0.3) is 0 Å². The Morgan fingerprint density at radius 1 is 1.37 bits per heavy atom. The maximum atomic E-state index is 13.5. The maximum absolute atomic E-state index is 13.5. The average Bonchev–Trinajstić information content (AvgIpc) is 2.82. The zero-order chi connectivity index (χ0) is 13.8. The van der Waals surface area contributed by atoms with Crippen molar-refractivity contribution in [2.24, 2.45) is 0 Å². The van der Waals surface area contributed by atoms with Crippen LogP contribution in [0.2, 0.25) is 0 Å². The fourth-order valence-electron chi connectivity index (χ4n) is 1.75. The first kappa shape index (κ1) is 13.7. The third-order valence-corrected chi connectivity index (χ3v) is 3.46. The SMILES string of the molecule is CCCc1nnsc1C(=O)Cc1cc(F)ccc1F. The average molecular weight is 282 g/mol. The number of carbonyl (C=O) groups is 1. The van der Waals surface area contributed by atoms with Crippen LogP contribution >= 0.6 is 11.5 Å². The van der Waals surface area contributed by atoms with E-state index in [4.69, 9.17) is 0 Å². The Morgan fingerprint density at radius 2 is 2.16 bits per heavy atom. The molecule has 6 heteroatoms. The van der Waals surface area contributed by atoms with E-state index in [0.29, 0.717) is 17.0 Å². The highest BCUT2D eigenvalue weighted by atomic mass is 32.1. The van der Waals surface area contributed by atoms with Gasteiger partial charge in [0.1, 0.15) is 16.5 Å². The number of nitrogens with zero attached hydrogens (tertiary/aromatic N) is 2. The number of halogens is 2. The molecule has 0 aliphatic rings. The number of aromatic nitrogens is 2. The molecule has 0 radical (unpaired) electrons. The van der Waals surface area contributed by atoms with E-state index < -0.39 is 11.6 Å². The van der Waals surface area contributed by atoms with Gasteiger partial charge in [0.25, 0.3) is 0 Å². The molecule has 3 nitrogen and oxygen atoms in total. The van der Waals surface area contributed by atoms with Crippen molar-refractivity contribution >= 4 is 17.3 Å². The minimum Gasteiger partial charge on any atom is -0.293 e. The van der Waals surface area contributed by atoms with Gasteiger partial charge in [-0.2, -0.15) is 0 Å². The van der Waals surface area contributed by atoms with Crippen molar-refractivity contribution in [3.05, 3.63) is 46.0 Å². The van der Waals surface area contributed by atoms with Gasteiger partial charge in [-0.3, -0.25) is 4.79 Å². The van der Waals surface area contributed by atoms with Gasteiger partial charge in [-0.1, -0.05) is 17.8 Å². The number of benzene rings is 1. The van der Waals surface area contributed by atoms with E-state index in [-0.39, 0.29) is 17.8 Å². The summed E-state index contributed by atoms with van der Waals surface area (Å²) in [5, 5.41) is 3.89. The molecule has 0 aliphatic heterocycles. The Kier molecular flexibility index (Phi) is 4.31. The van der Waals surface area contributed by atoms with Crippen LogP contribution in [-0.4, -0.2) is 15.4 Å². The molecule has 0 N–H and O–H groups in total. The molecule has 1 aromatic carbocycles. The lowest BCUT2D eigenvalue weighted by atomic mass is 10.1. The number of hydrogen-bond acceptors (Lipinski definition) is 4. The third-order valence-electron chi connectivity index (χ3n) is 2.65. The lowest BCUT2D eigenvalue weighted by Gasteiger charge is -2.02. The number of aryl methyl sites for hydroxylation is 1. The summed E-state index contributed by atoms with van der Waals surface area (Å²) in [6.45, 7) is 1.97. The molecule has 0 saturated heterocycles. The number of carbonyl (C=O) groups excluding carboxylic acids is 1. The number of ketones is 1. The van der Waals surface area contributed by atoms with Gasteiger partial charge in [-0.05, 0) is 41.7 Å². The van der Waals surface area contributed by atoms with E-state index in [2.05, 4.69) is 9.59 Å². The van der Waals surface area contributed by atoms with E-state index in [1.54, 1.807) is 0 Å². The molecule has 0 amide bonds. The minimum atomic E-state index is -0.579. The zero-order valence-corrected chi connectivity index (χ0v) is 11.1. The van der Waals surface area contributed by atoms with Crippen LogP contribution in [0.5, 0.6) is 0 Å². The first-order valence-electron chi connectivity index (χ1n) is 5.90. The monoisotopic (exact) mass is 282 g/mol. The molecule has 2 aromatic rings. The van der Waals surface area contributed by atoms with Crippen molar-refractivity contribution in [1.82, 2.24) is 9.59 Å². The molecule has 100 valence electrons. The lowest BCUT2D eigenvalue weighted by Crippen LogP contribution is -2.06. The van der Waals surface area contributed by atoms with Crippen LogP contribution < -0.4 is 0 Å². The fraction of sp³-hybridized carbons (Fsp3) is 0.308. The van der Waals surface area contributed by atoms with E-state index in [1.807, 2.05) is 6.92 Å². The summed E-state index contributed by atoms with van der Waals surface area (Å²) < 4.78 is 30.3. The van der Waals surface area contributed by atoms with Gasteiger partial charge >= 0.3 is 0 Å². The van der Waals surface area contributed by atoms with E-state index in [9.17, 15) is 13.6 Å². The topological polar surface area (TPSA) is 42.9 Å². The van der Waals surface area contributed by atoms with Gasteiger partial charge in [0.2, 0.25) is 0 Å². The zero-order valence-electron chi connectivity index (χ0n) is 10.3. The summed E-state index contributed by atoms with van der Waals surface area (Å²) in [4.78, 5) is 12.5. The molecule has 0 saturated carbocycles. The Balaban J connectivity index is 2.21. The maximum Gasteiger partial charge on any atom is 0.180 e. The van der Waals surface area contributed by atoms with Crippen molar-refractivity contribution in [3.8, 4) is 0 Å².